The fourth-order valence-electron chi connectivity index (χ4n) is 3.25. The molecule has 1 N–H and O–H groups in total. The van der Waals surface area contributed by atoms with Crippen LogP contribution in [0, 0.1) is 0 Å². The summed E-state index contributed by atoms with van der Waals surface area (Å²) in [6.45, 7) is 7.31. The quantitative estimate of drug-likeness (QED) is 0.323. The van der Waals surface area contributed by atoms with Crippen LogP contribution < -0.4 is 5.32 Å². The summed E-state index contributed by atoms with van der Waals surface area (Å²) in [5.74, 6) is 2.09. The fourth-order valence-corrected chi connectivity index (χ4v) is 4.04. The Morgan fingerprint density at radius 3 is 1.97 bits per heavy atom. The highest BCUT2D eigenvalue weighted by molar-refractivity contribution is 7.98. The molecule has 0 radical (unpaired) electrons. The van der Waals surface area contributed by atoms with E-state index in [4.69, 9.17) is 9.97 Å². The first-order valence-corrected chi connectivity index (χ1v) is 11.8. The fraction of sp³-hybridized carbons (Fsp3) is 0.222. The van der Waals surface area contributed by atoms with Crippen LogP contribution in [-0.2, 0) is 17.7 Å². The first kappa shape index (κ1) is 22.0. The van der Waals surface area contributed by atoms with E-state index in [1.807, 2.05) is 24.3 Å². The third-order valence-corrected chi connectivity index (χ3v) is 6.05. The normalized spacial score (nSPS) is 11.3. The predicted molar refractivity (Wildman–Crippen MR) is 134 cm³/mol. The van der Waals surface area contributed by atoms with Gasteiger partial charge in [0.15, 0.2) is 11.0 Å². The Labute approximate surface area is 194 Å². The van der Waals surface area contributed by atoms with Crippen LogP contribution in [0.2, 0.25) is 0 Å². The maximum atomic E-state index is 4.77. The second-order valence-electron chi connectivity index (χ2n) is 8.71. The lowest BCUT2D eigenvalue weighted by atomic mass is 9.87. The molecule has 162 valence electrons. The third-order valence-electron chi connectivity index (χ3n) is 5.13. The van der Waals surface area contributed by atoms with Crippen LogP contribution in [0.3, 0.4) is 0 Å². The molecule has 0 amide bonds. The summed E-state index contributed by atoms with van der Waals surface area (Å²) < 4.78 is 0. The average Bonchev–Trinajstić information content (AvgIpc) is 2.82. The minimum Gasteiger partial charge on any atom is -0.350 e. The van der Waals surface area contributed by atoms with Crippen molar-refractivity contribution in [3.05, 3.63) is 102 Å². The van der Waals surface area contributed by atoms with Gasteiger partial charge in [-0.1, -0.05) is 117 Å². The minimum absolute atomic E-state index is 0.108. The van der Waals surface area contributed by atoms with Crippen LogP contribution in [0.5, 0.6) is 0 Å². The van der Waals surface area contributed by atoms with E-state index in [2.05, 4.69) is 91.7 Å². The SMILES string of the molecule is CC(C)(C)c1ccc(-c2nc(NCc3ccccc3)nc(SCc3ccccc3)n2)cc1. The van der Waals surface area contributed by atoms with Gasteiger partial charge >= 0.3 is 0 Å². The number of thioether (sulfide) groups is 1. The summed E-state index contributed by atoms with van der Waals surface area (Å²) >= 11 is 1.62. The minimum atomic E-state index is 0.108. The highest BCUT2D eigenvalue weighted by Gasteiger charge is 2.15. The Kier molecular flexibility index (Phi) is 6.86. The van der Waals surface area contributed by atoms with Gasteiger partial charge in [-0.3, -0.25) is 0 Å². The standard InChI is InChI=1S/C27H28N4S/c1-27(2,3)23-16-14-22(15-17-23)24-29-25(28-18-20-10-6-4-7-11-20)31-26(30-24)32-19-21-12-8-5-9-13-21/h4-17H,18-19H2,1-3H3,(H,28,29,30,31). The maximum absolute atomic E-state index is 4.77. The Morgan fingerprint density at radius 1 is 0.719 bits per heavy atom. The van der Waals surface area contributed by atoms with E-state index >= 15 is 0 Å². The molecule has 32 heavy (non-hydrogen) atoms. The first-order valence-electron chi connectivity index (χ1n) is 10.8. The molecule has 0 aliphatic rings. The molecule has 1 aromatic heterocycles. The highest BCUT2D eigenvalue weighted by Crippen LogP contribution is 2.27. The molecule has 0 atom stereocenters. The van der Waals surface area contributed by atoms with Crippen LogP contribution in [0.1, 0.15) is 37.5 Å². The van der Waals surface area contributed by atoms with Gasteiger partial charge in [-0.25, -0.2) is 4.98 Å². The lowest BCUT2D eigenvalue weighted by Gasteiger charge is -2.19. The molecule has 4 aromatic rings. The molecule has 4 rings (SSSR count). The van der Waals surface area contributed by atoms with Crippen molar-refractivity contribution < 1.29 is 0 Å². The van der Waals surface area contributed by atoms with Crippen LogP contribution in [-0.4, -0.2) is 15.0 Å². The van der Waals surface area contributed by atoms with E-state index in [9.17, 15) is 0 Å². The number of anilines is 1. The summed E-state index contributed by atoms with van der Waals surface area (Å²) in [6.07, 6.45) is 0. The van der Waals surface area contributed by atoms with Gasteiger partial charge in [-0.2, -0.15) is 9.97 Å². The highest BCUT2D eigenvalue weighted by atomic mass is 32.2. The smallest absolute Gasteiger partial charge is 0.227 e. The third kappa shape index (κ3) is 5.95. The Hall–Kier alpha value is -3.18. The molecule has 0 saturated heterocycles. The number of nitrogens with zero attached hydrogens (tertiary/aromatic N) is 3. The molecular formula is C27H28N4S. The molecule has 0 saturated carbocycles. The van der Waals surface area contributed by atoms with Gasteiger partial charge in [0.2, 0.25) is 5.95 Å². The van der Waals surface area contributed by atoms with Crippen molar-refractivity contribution in [3.63, 3.8) is 0 Å². The second kappa shape index (κ2) is 9.96. The van der Waals surface area contributed by atoms with Crippen molar-refractivity contribution in [2.45, 2.75) is 43.6 Å². The van der Waals surface area contributed by atoms with Crippen molar-refractivity contribution in [1.82, 2.24) is 15.0 Å². The summed E-state index contributed by atoms with van der Waals surface area (Å²) in [5, 5.41) is 4.09. The largest absolute Gasteiger partial charge is 0.350 e. The molecular weight excluding hydrogens is 412 g/mol. The topological polar surface area (TPSA) is 50.7 Å². The van der Waals surface area contributed by atoms with Gasteiger partial charge in [0.1, 0.15) is 0 Å². The zero-order chi connectivity index (χ0) is 22.4. The lowest BCUT2D eigenvalue weighted by Crippen LogP contribution is -2.10. The summed E-state index contributed by atoms with van der Waals surface area (Å²) in [5.41, 5.74) is 4.81. The van der Waals surface area contributed by atoms with Gasteiger partial charge in [-0.15, -0.1) is 0 Å². The zero-order valence-corrected chi connectivity index (χ0v) is 19.6. The summed E-state index contributed by atoms with van der Waals surface area (Å²) in [4.78, 5) is 14.2. The molecule has 0 spiro atoms. The number of rotatable bonds is 7. The molecule has 0 aliphatic carbocycles. The Morgan fingerprint density at radius 2 is 1.34 bits per heavy atom. The summed E-state index contributed by atoms with van der Waals surface area (Å²) in [6, 6.07) is 29.2. The van der Waals surface area contributed by atoms with E-state index in [-0.39, 0.29) is 5.41 Å². The van der Waals surface area contributed by atoms with E-state index < -0.39 is 0 Å². The Bertz CT molecular complexity index is 1080. The molecule has 5 heteroatoms. The van der Waals surface area contributed by atoms with Crippen molar-refractivity contribution in [1.29, 1.82) is 0 Å². The van der Waals surface area contributed by atoms with Crippen molar-refractivity contribution in [2.24, 2.45) is 0 Å². The molecule has 0 fully saturated rings. The molecule has 3 aromatic carbocycles. The van der Waals surface area contributed by atoms with E-state index in [1.165, 1.54) is 16.7 Å². The number of nitrogens with one attached hydrogen (secondary N) is 1. The molecule has 4 nitrogen and oxygen atoms in total. The van der Waals surface area contributed by atoms with Crippen LogP contribution in [0.15, 0.2) is 90.1 Å². The van der Waals surface area contributed by atoms with Crippen molar-refractivity contribution in [3.8, 4) is 11.4 Å². The van der Waals surface area contributed by atoms with Crippen LogP contribution in [0.4, 0.5) is 5.95 Å². The number of benzene rings is 3. The van der Waals surface area contributed by atoms with Crippen LogP contribution in [0.25, 0.3) is 11.4 Å². The van der Waals surface area contributed by atoms with E-state index in [0.29, 0.717) is 23.5 Å². The molecule has 0 unspecified atom stereocenters. The zero-order valence-electron chi connectivity index (χ0n) is 18.7. The van der Waals surface area contributed by atoms with Gasteiger partial charge in [0.05, 0.1) is 0 Å². The van der Waals surface area contributed by atoms with Crippen molar-refractivity contribution in [2.75, 3.05) is 5.32 Å². The van der Waals surface area contributed by atoms with Gasteiger partial charge in [0.25, 0.3) is 0 Å². The Balaban J connectivity index is 1.60. The van der Waals surface area contributed by atoms with E-state index in [1.54, 1.807) is 11.8 Å². The molecule has 0 aliphatic heterocycles. The van der Waals surface area contributed by atoms with Gasteiger partial charge < -0.3 is 5.32 Å². The van der Waals surface area contributed by atoms with Crippen LogP contribution >= 0.6 is 11.8 Å². The number of hydrogen-bond acceptors (Lipinski definition) is 5. The number of hydrogen-bond donors (Lipinski definition) is 1. The molecule has 0 bridgehead atoms. The van der Waals surface area contributed by atoms with Crippen molar-refractivity contribution >= 4 is 17.7 Å². The van der Waals surface area contributed by atoms with E-state index in [0.717, 1.165) is 11.3 Å². The first-order chi connectivity index (χ1) is 15.5. The van der Waals surface area contributed by atoms with Gasteiger partial charge in [0, 0.05) is 17.9 Å². The number of aromatic nitrogens is 3. The maximum Gasteiger partial charge on any atom is 0.227 e. The average molecular weight is 441 g/mol. The van der Waals surface area contributed by atoms with Gasteiger partial charge in [-0.05, 0) is 22.1 Å². The molecule has 1 heterocycles. The monoisotopic (exact) mass is 440 g/mol. The summed E-state index contributed by atoms with van der Waals surface area (Å²) in [7, 11) is 0. The lowest BCUT2D eigenvalue weighted by molar-refractivity contribution is 0.590. The predicted octanol–water partition coefficient (Wildman–Crippen LogP) is 6.74. The second-order valence-corrected chi connectivity index (χ2v) is 9.65.